The summed E-state index contributed by atoms with van der Waals surface area (Å²) >= 11 is 0. The van der Waals surface area contributed by atoms with Crippen LogP contribution in [0.5, 0.6) is 5.75 Å². The third kappa shape index (κ3) is 3.70. The van der Waals surface area contributed by atoms with Crippen LogP contribution in [0.25, 0.3) is 10.9 Å². The second-order valence-electron chi connectivity index (χ2n) is 7.53. The molecule has 1 aromatic heterocycles. The SMILES string of the molecule is CCOC(=O)Cc1cn(Cc2ccc(O)cc2)c2ccc([C@H]3CC3C)cc12. The van der Waals surface area contributed by atoms with Crippen LogP contribution in [-0.2, 0) is 22.5 Å². The van der Waals surface area contributed by atoms with Crippen molar-refractivity contribution >= 4 is 16.9 Å². The Labute approximate surface area is 159 Å². The molecular weight excluding hydrogens is 338 g/mol. The number of benzene rings is 2. The molecule has 1 aliphatic rings. The van der Waals surface area contributed by atoms with E-state index in [1.807, 2.05) is 19.1 Å². The van der Waals surface area contributed by atoms with Gasteiger partial charge in [-0.3, -0.25) is 4.79 Å². The van der Waals surface area contributed by atoms with Gasteiger partial charge in [0.2, 0.25) is 0 Å². The number of aromatic hydroxyl groups is 1. The van der Waals surface area contributed by atoms with E-state index in [1.165, 1.54) is 12.0 Å². The summed E-state index contributed by atoms with van der Waals surface area (Å²) in [6.07, 6.45) is 3.60. The van der Waals surface area contributed by atoms with Crippen molar-refractivity contribution in [3.8, 4) is 5.75 Å². The molecule has 4 heteroatoms. The van der Waals surface area contributed by atoms with Crippen LogP contribution in [0.15, 0.2) is 48.7 Å². The summed E-state index contributed by atoms with van der Waals surface area (Å²) in [5, 5.41) is 10.6. The topological polar surface area (TPSA) is 51.5 Å². The van der Waals surface area contributed by atoms with Gasteiger partial charge in [0.05, 0.1) is 13.0 Å². The fraction of sp³-hybridized carbons (Fsp3) is 0.348. The number of esters is 1. The van der Waals surface area contributed by atoms with Crippen LogP contribution >= 0.6 is 0 Å². The molecule has 0 bridgehead atoms. The van der Waals surface area contributed by atoms with Crippen LogP contribution in [0.4, 0.5) is 0 Å². The minimum atomic E-state index is -0.189. The molecule has 0 aliphatic heterocycles. The number of ether oxygens (including phenoxy) is 1. The average Bonchev–Trinajstić information content (AvgIpc) is 3.29. The van der Waals surface area contributed by atoms with Gasteiger partial charge in [0.1, 0.15) is 5.75 Å². The molecule has 4 nitrogen and oxygen atoms in total. The predicted molar refractivity (Wildman–Crippen MR) is 106 cm³/mol. The van der Waals surface area contributed by atoms with E-state index in [9.17, 15) is 9.90 Å². The van der Waals surface area contributed by atoms with Gasteiger partial charge < -0.3 is 14.4 Å². The van der Waals surface area contributed by atoms with Gasteiger partial charge >= 0.3 is 5.97 Å². The fourth-order valence-corrected chi connectivity index (χ4v) is 3.84. The predicted octanol–water partition coefficient (Wildman–Crippen LogP) is 4.62. The molecule has 1 aliphatic carbocycles. The highest BCUT2D eigenvalue weighted by Crippen LogP contribution is 2.47. The molecule has 1 saturated carbocycles. The molecule has 0 amide bonds. The fourth-order valence-electron chi connectivity index (χ4n) is 3.84. The minimum Gasteiger partial charge on any atom is -0.508 e. The number of nitrogens with zero attached hydrogens (tertiary/aromatic N) is 1. The molecule has 0 radical (unpaired) electrons. The van der Waals surface area contributed by atoms with Gasteiger partial charge in [0.25, 0.3) is 0 Å². The number of carbonyl (C=O) groups excluding carboxylic acids is 1. The van der Waals surface area contributed by atoms with Crippen molar-refractivity contribution in [2.24, 2.45) is 5.92 Å². The molecule has 1 heterocycles. The molecule has 4 rings (SSSR count). The van der Waals surface area contributed by atoms with Crippen LogP contribution in [-0.4, -0.2) is 22.2 Å². The molecule has 2 atom stereocenters. The monoisotopic (exact) mass is 363 g/mol. The third-order valence-corrected chi connectivity index (χ3v) is 5.45. The van der Waals surface area contributed by atoms with Gasteiger partial charge in [-0.15, -0.1) is 0 Å². The second kappa shape index (κ2) is 7.10. The molecule has 27 heavy (non-hydrogen) atoms. The molecule has 2 aromatic carbocycles. The minimum absolute atomic E-state index is 0.189. The summed E-state index contributed by atoms with van der Waals surface area (Å²) in [5.74, 6) is 1.47. The van der Waals surface area contributed by atoms with Crippen molar-refractivity contribution in [1.29, 1.82) is 0 Å². The number of hydrogen-bond donors (Lipinski definition) is 1. The zero-order valence-corrected chi connectivity index (χ0v) is 15.8. The van der Waals surface area contributed by atoms with Crippen molar-refractivity contribution in [2.45, 2.75) is 39.2 Å². The number of phenolic OH excluding ortho intramolecular Hbond substituents is 1. The summed E-state index contributed by atoms with van der Waals surface area (Å²) in [7, 11) is 0. The van der Waals surface area contributed by atoms with Crippen molar-refractivity contribution in [1.82, 2.24) is 4.57 Å². The second-order valence-corrected chi connectivity index (χ2v) is 7.53. The summed E-state index contributed by atoms with van der Waals surface area (Å²) in [6, 6.07) is 13.9. The Kier molecular flexibility index (Phi) is 4.65. The summed E-state index contributed by atoms with van der Waals surface area (Å²) in [6.45, 7) is 5.21. The Bertz CT molecular complexity index is 971. The van der Waals surface area contributed by atoms with E-state index >= 15 is 0 Å². The van der Waals surface area contributed by atoms with Crippen LogP contribution < -0.4 is 0 Å². The van der Waals surface area contributed by atoms with Crippen molar-refractivity contribution in [2.75, 3.05) is 6.61 Å². The lowest BCUT2D eigenvalue weighted by Crippen LogP contribution is -2.07. The number of rotatable bonds is 6. The zero-order valence-electron chi connectivity index (χ0n) is 15.8. The quantitative estimate of drug-likeness (QED) is 0.650. The van der Waals surface area contributed by atoms with E-state index in [4.69, 9.17) is 4.74 Å². The van der Waals surface area contributed by atoms with Gasteiger partial charge in [0.15, 0.2) is 0 Å². The van der Waals surface area contributed by atoms with Gasteiger partial charge in [-0.1, -0.05) is 25.1 Å². The van der Waals surface area contributed by atoms with E-state index in [0.29, 0.717) is 19.1 Å². The highest BCUT2D eigenvalue weighted by atomic mass is 16.5. The molecule has 140 valence electrons. The van der Waals surface area contributed by atoms with Gasteiger partial charge in [-0.2, -0.15) is 0 Å². The molecular formula is C23H25NO3. The Balaban J connectivity index is 1.71. The molecule has 1 unspecified atom stereocenters. The van der Waals surface area contributed by atoms with Crippen LogP contribution in [0.2, 0.25) is 0 Å². The van der Waals surface area contributed by atoms with Crippen LogP contribution in [0.3, 0.4) is 0 Å². The van der Waals surface area contributed by atoms with E-state index in [1.54, 1.807) is 12.1 Å². The van der Waals surface area contributed by atoms with E-state index in [-0.39, 0.29) is 18.1 Å². The number of phenols is 1. The Morgan fingerprint density at radius 2 is 1.96 bits per heavy atom. The maximum Gasteiger partial charge on any atom is 0.310 e. The zero-order chi connectivity index (χ0) is 19.0. The normalized spacial score (nSPS) is 18.6. The first-order chi connectivity index (χ1) is 13.0. The summed E-state index contributed by atoms with van der Waals surface area (Å²) < 4.78 is 7.34. The number of hydrogen-bond acceptors (Lipinski definition) is 3. The molecule has 1 N–H and O–H groups in total. The highest BCUT2D eigenvalue weighted by Gasteiger charge is 2.34. The maximum absolute atomic E-state index is 12.1. The van der Waals surface area contributed by atoms with E-state index in [0.717, 1.165) is 27.9 Å². The van der Waals surface area contributed by atoms with Gasteiger partial charge in [0, 0.05) is 23.6 Å². The van der Waals surface area contributed by atoms with Gasteiger partial charge in [-0.05, 0) is 66.1 Å². The van der Waals surface area contributed by atoms with Crippen LogP contribution in [0, 0.1) is 5.92 Å². The standard InChI is InChI=1S/C23H25NO3/c1-3-27-23(26)12-18-14-24(13-16-4-7-19(25)8-5-16)22-9-6-17(11-21(18)22)20-10-15(20)2/h4-9,11,14-15,20,25H,3,10,12-13H2,1-2H3/t15?,20-/m0/s1. The average molecular weight is 363 g/mol. The lowest BCUT2D eigenvalue weighted by atomic mass is 10.0. The lowest BCUT2D eigenvalue weighted by molar-refractivity contribution is -0.142. The first-order valence-corrected chi connectivity index (χ1v) is 9.60. The van der Waals surface area contributed by atoms with Crippen molar-refractivity contribution in [3.63, 3.8) is 0 Å². The van der Waals surface area contributed by atoms with Crippen molar-refractivity contribution < 1.29 is 14.6 Å². The van der Waals surface area contributed by atoms with Crippen molar-refractivity contribution in [3.05, 3.63) is 65.4 Å². The van der Waals surface area contributed by atoms with Crippen LogP contribution in [0.1, 0.15) is 42.9 Å². The first kappa shape index (κ1) is 17.7. The van der Waals surface area contributed by atoms with Gasteiger partial charge in [-0.25, -0.2) is 0 Å². The Morgan fingerprint density at radius 3 is 2.63 bits per heavy atom. The molecule has 3 aromatic rings. The lowest BCUT2D eigenvalue weighted by Gasteiger charge is -2.07. The Morgan fingerprint density at radius 1 is 1.22 bits per heavy atom. The molecule has 0 saturated heterocycles. The Hall–Kier alpha value is -2.75. The third-order valence-electron chi connectivity index (χ3n) is 5.45. The number of carbonyl (C=O) groups is 1. The molecule has 0 spiro atoms. The summed E-state index contributed by atoms with van der Waals surface area (Å²) in [4.78, 5) is 12.1. The molecule has 1 fully saturated rings. The first-order valence-electron chi connectivity index (χ1n) is 9.60. The number of aromatic nitrogens is 1. The van der Waals surface area contributed by atoms with E-state index < -0.39 is 0 Å². The summed E-state index contributed by atoms with van der Waals surface area (Å²) in [5.41, 5.74) is 4.60. The van der Waals surface area contributed by atoms with E-state index in [2.05, 4.69) is 35.9 Å². The highest BCUT2D eigenvalue weighted by molar-refractivity contribution is 5.88. The maximum atomic E-state index is 12.1. The smallest absolute Gasteiger partial charge is 0.310 e. The number of fused-ring (bicyclic) bond motifs is 1. The largest absolute Gasteiger partial charge is 0.508 e.